The number of aliphatic imine (C=N–C) groups is 1. The van der Waals surface area contributed by atoms with Crippen LogP contribution < -0.4 is 5.32 Å². The number of benzene rings is 3. The van der Waals surface area contributed by atoms with Crippen LogP contribution in [0, 0.1) is 11.6 Å². The number of halogens is 3. The Morgan fingerprint density at radius 2 is 1.65 bits per heavy atom. The van der Waals surface area contributed by atoms with Crippen molar-refractivity contribution < 1.29 is 13.6 Å². The van der Waals surface area contributed by atoms with Gasteiger partial charge in [-0.05, 0) is 68.7 Å². The quantitative estimate of drug-likeness (QED) is 0.284. The molecule has 0 spiro atoms. The van der Waals surface area contributed by atoms with Gasteiger partial charge in [-0.1, -0.05) is 29.8 Å². The van der Waals surface area contributed by atoms with Crippen LogP contribution in [0.15, 0.2) is 77.8 Å². The molecule has 0 saturated heterocycles. The van der Waals surface area contributed by atoms with Crippen molar-refractivity contribution in [1.29, 1.82) is 0 Å². The molecule has 1 aliphatic heterocycles. The van der Waals surface area contributed by atoms with Gasteiger partial charge in [-0.2, -0.15) is 0 Å². The summed E-state index contributed by atoms with van der Waals surface area (Å²) < 4.78 is 29.6. The maximum atomic E-state index is 14.8. The molecule has 0 bridgehead atoms. The third kappa shape index (κ3) is 5.73. The Morgan fingerprint density at radius 1 is 0.925 bits per heavy atom. The Hall–Kier alpha value is -4.14. The summed E-state index contributed by atoms with van der Waals surface area (Å²) in [7, 11) is 5.73. The third-order valence-electron chi connectivity index (χ3n) is 6.71. The van der Waals surface area contributed by atoms with Crippen molar-refractivity contribution in [2.24, 2.45) is 4.99 Å². The summed E-state index contributed by atoms with van der Waals surface area (Å²) in [4.78, 5) is 25.9. The average molecular weight is 560 g/mol. The highest BCUT2D eigenvalue weighted by molar-refractivity contribution is 6.31. The van der Waals surface area contributed by atoms with Crippen LogP contribution >= 0.6 is 11.6 Å². The zero-order valence-electron chi connectivity index (χ0n) is 22.4. The van der Waals surface area contributed by atoms with Crippen molar-refractivity contribution in [3.63, 3.8) is 0 Å². The number of rotatable bonds is 7. The van der Waals surface area contributed by atoms with Gasteiger partial charge in [0.2, 0.25) is 0 Å². The molecule has 2 heterocycles. The fourth-order valence-electron chi connectivity index (χ4n) is 4.54. The highest BCUT2D eigenvalue weighted by Crippen LogP contribution is 2.35. The molecule has 0 fully saturated rings. The Labute approximate surface area is 236 Å². The number of amides is 1. The first-order valence-electron chi connectivity index (χ1n) is 12.8. The van der Waals surface area contributed by atoms with E-state index in [-0.39, 0.29) is 23.7 Å². The summed E-state index contributed by atoms with van der Waals surface area (Å²) >= 11 is 6.31. The van der Waals surface area contributed by atoms with Gasteiger partial charge in [-0.25, -0.2) is 13.8 Å². The van der Waals surface area contributed by atoms with E-state index in [0.717, 1.165) is 17.8 Å². The van der Waals surface area contributed by atoms with E-state index < -0.39 is 11.6 Å². The summed E-state index contributed by atoms with van der Waals surface area (Å²) in [6.45, 7) is 1.60. The Kier molecular flexibility index (Phi) is 7.91. The van der Waals surface area contributed by atoms with Crippen LogP contribution in [0.3, 0.4) is 0 Å². The minimum atomic E-state index is -0.697. The Balaban J connectivity index is 1.43. The minimum Gasteiger partial charge on any atom is -0.340 e. The molecule has 1 amide bonds. The van der Waals surface area contributed by atoms with Crippen molar-refractivity contribution in [2.45, 2.75) is 6.54 Å². The lowest BCUT2D eigenvalue weighted by Crippen LogP contribution is -2.33. The number of nitrogens with zero attached hydrogens (tertiary/aromatic N) is 4. The van der Waals surface area contributed by atoms with Crippen LogP contribution in [0.1, 0.15) is 27.0 Å². The molecule has 9 heteroatoms. The lowest BCUT2D eigenvalue weighted by molar-refractivity contribution is 0.0786. The molecule has 40 heavy (non-hydrogen) atoms. The lowest BCUT2D eigenvalue weighted by Gasteiger charge is -2.20. The molecule has 1 N–H and O–H groups in total. The van der Waals surface area contributed by atoms with E-state index in [1.165, 1.54) is 18.2 Å². The first-order valence-corrected chi connectivity index (χ1v) is 13.2. The molecule has 4 aromatic rings. The van der Waals surface area contributed by atoms with Crippen LogP contribution in [0.4, 0.5) is 20.3 Å². The lowest BCUT2D eigenvalue weighted by atomic mass is 9.94. The van der Waals surface area contributed by atoms with Gasteiger partial charge in [-0.15, -0.1) is 0 Å². The summed E-state index contributed by atoms with van der Waals surface area (Å²) in [5.41, 5.74) is 3.97. The van der Waals surface area contributed by atoms with Gasteiger partial charge >= 0.3 is 0 Å². The van der Waals surface area contributed by atoms with E-state index in [4.69, 9.17) is 16.6 Å². The average Bonchev–Trinajstić information content (AvgIpc) is 3.08. The van der Waals surface area contributed by atoms with Gasteiger partial charge in [0.1, 0.15) is 17.5 Å². The zero-order valence-corrected chi connectivity index (χ0v) is 23.1. The normalized spacial score (nSPS) is 12.3. The van der Waals surface area contributed by atoms with Gasteiger partial charge in [0, 0.05) is 53.1 Å². The van der Waals surface area contributed by atoms with E-state index in [1.54, 1.807) is 42.3 Å². The van der Waals surface area contributed by atoms with Crippen LogP contribution in [0.25, 0.3) is 11.3 Å². The molecule has 1 aromatic heterocycles. The van der Waals surface area contributed by atoms with Gasteiger partial charge < -0.3 is 15.1 Å². The summed E-state index contributed by atoms with van der Waals surface area (Å²) in [5, 5.41) is 3.71. The van der Waals surface area contributed by atoms with Gasteiger partial charge in [0.15, 0.2) is 0 Å². The molecule has 0 radical (unpaired) electrons. The van der Waals surface area contributed by atoms with Crippen LogP contribution in [-0.4, -0.2) is 60.6 Å². The van der Waals surface area contributed by atoms with E-state index in [0.29, 0.717) is 39.8 Å². The van der Waals surface area contributed by atoms with E-state index in [2.05, 4.69) is 10.3 Å². The summed E-state index contributed by atoms with van der Waals surface area (Å²) in [6.07, 6.45) is 0. The Morgan fingerprint density at radius 3 is 2.35 bits per heavy atom. The number of hydrogen-bond donors (Lipinski definition) is 1. The maximum absolute atomic E-state index is 14.8. The van der Waals surface area contributed by atoms with Gasteiger partial charge in [-0.3, -0.25) is 9.79 Å². The number of nitrogens with one attached hydrogen (secondary N) is 1. The molecule has 6 nitrogen and oxygen atoms in total. The molecule has 0 saturated carbocycles. The number of fused-ring (bicyclic) bond motifs is 3. The van der Waals surface area contributed by atoms with Crippen LogP contribution in [0.5, 0.6) is 0 Å². The van der Waals surface area contributed by atoms with Crippen molar-refractivity contribution in [2.75, 3.05) is 39.5 Å². The van der Waals surface area contributed by atoms with Crippen molar-refractivity contribution in [1.82, 2.24) is 14.8 Å². The number of aromatic nitrogens is 1. The number of carbonyl (C=O) groups is 1. The van der Waals surface area contributed by atoms with Gasteiger partial charge in [0.05, 0.1) is 23.5 Å². The molecular weight excluding hydrogens is 532 g/mol. The Bertz CT molecular complexity index is 1580. The standard InChI is InChI=1S/C31H28ClF2N5O/c1-38(2)15-16-39(3)31(40)19-7-11-22(12-8-19)36-27-14-9-20-18-35-30(28-25(33)5-4-6-26(28)34)24-17-21(32)10-13-23(24)29(20)37-27/h4-14,17H,15-16,18H2,1-3H3,(H,36,37). The molecule has 0 aliphatic carbocycles. The van der Waals surface area contributed by atoms with Crippen molar-refractivity contribution in [3.8, 4) is 11.3 Å². The predicted octanol–water partition coefficient (Wildman–Crippen LogP) is 6.41. The third-order valence-corrected chi connectivity index (χ3v) is 6.95. The van der Waals surface area contributed by atoms with Gasteiger partial charge in [0.25, 0.3) is 5.91 Å². The second-order valence-corrected chi connectivity index (χ2v) is 10.3. The van der Waals surface area contributed by atoms with Crippen molar-refractivity contribution >= 4 is 34.7 Å². The van der Waals surface area contributed by atoms with E-state index in [9.17, 15) is 13.6 Å². The second-order valence-electron chi connectivity index (χ2n) is 9.89. The smallest absolute Gasteiger partial charge is 0.253 e. The molecule has 0 unspecified atom stereocenters. The molecule has 1 aliphatic rings. The van der Waals surface area contributed by atoms with Crippen LogP contribution in [0.2, 0.25) is 5.02 Å². The molecule has 204 valence electrons. The molecular formula is C31H28ClF2N5O. The summed E-state index contributed by atoms with van der Waals surface area (Å²) in [5.74, 6) is -0.871. The maximum Gasteiger partial charge on any atom is 0.253 e. The number of carbonyl (C=O) groups excluding carboxylic acids is 1. The van der Waals surface area contributed by atoms with Crippen LogP contribution in [-0.2, 0) is 6.54 Å². The first kappa shape index (κ1) is 27.4. The summed E-state index contributed by atoms with van der Waals surface area (Å²) in [6, 6.07) is 19.9. The molecule has 3 aromatic carbocycles. The molecule has 5 rings (SSSR count). The number of pyridine rings is 1. The second kappa shape index (κ2) is 11.5. The largest absolute Gasteiger partial charge is 0.340 e. The number of hydrogen-bond acceptors (Lipinski definition) is 5. The number of likely N-dealkylation sites (N-methyl/N-ethyl adjacent to an activating group) is 2. The monoisotopic (exact) mass is 559 g/mol. The minimum absolute atomic E-state index is 0.0473. The first-order chi connectivity index (χ1) is 19.2. The van der Waals surface area contributed by atoms with Crippen molar-refractivity contribution in [3.05, 3.63) is 112 Å². The predicted molar refractivity (Wildman–Crippen MR) is 156 cm³/mol. The topological polar surface area (TPSA) is 60.8 Å². The fourth-order valence-corrected chi connectivity index (χ4v) is 4.71. The van der Waals surface area contributed by atoms with E-state index in [1.807, 2.05) is 43.3 Å². The highest BCUT2D eigenvalue weighted by atomic mass is 35.5. The van der Waals surface area contributed by atoms with E-state index >= 15 is 0 Å². The highest BCUT2D eigenvalue weighted by Gasteiger charge is 2.25. The SMILES string of the molecule is CN(C)CCN(C)C(=O)c1ccc(Nc2ccc3c(n2)-c2ccc(Cl)cc2C(c2c(F)cccc2F)=NC3)cc1. The number of anilines is 2. The zero-order chi connectivity index (χ0) is 28.4. The molecule has 0 atom stereocenters. The fraction of sp³-hybridized carbons (Fsp3) is 0.194.